The van der Waals surface area contributed by atoms with Gasteiger partial charge < -0.3 is 19.3 Å². The number of hydrogen-bond donors (Lipinski definition) is 0. The molecular formula is C19H26N2O3. The molecule has 1 aromatic carbocycles. The maximum Gasteiger partial charge on any atom is 0.231 e. The number of hydrogen-bond acceptors (Lipinski definition) is 4. The summed E-state index contributed by atoms with van der Waals surface area (Å²) >= 11 is 0. The van der Waals surface area contributed by atoms with Crippen LogP contribution in [0.25, 0.3) is 0 Å². The number of carbonyl (C=O) groups excluding carboxylic acids is 1. The zero-order valence-electron chi connectivity index (χ0n) is 14.4. The van der Waals surface area contributed by atoms with E-state index in [-0.39, 0.29) is 0 Å². The van der Waals surface area contributed by atoms with E-state index >= 15 is 0 Å². The first-order valence-electron chi connectivity index (χ1n) is 9.10. The third kappa shape index (κ3) is 2.97. The summed E-state index contributed by atoms with van der Waals surface area (Å²) in [6.45, 7) is 2.39. The van der Waals surface area contributed by atoms with Crippen LogP contribution < -0.4 is 9.47 Å². The van der Waals surface area contributed by atoms with Crippen LogP contribution in [-0.4, -0.2) is 54.7 Å². The lowest BCUT2D eigenvalue weighted by Gasteiger charge is -2.33. The molecule has 2 atom stereocenters. The smallest absolute Gasteiger partial charge is 0.231 e. The predicted molar refractivity (Wildman–Crippen MR) is 91.3 cm³/mol. The Hall–Kier alpha value is -1.75. The first kappa shape index (κ1) is 15.8. The van der Waals surface area contributed by atoms with Crippen molar-refractivity contribution in [3.63, 3.8) is 0 Å². The fraction of sp³-hybridized carbons (Fsp3) is 0.632. The Morgan fingerprint density at radius 1 is 1.12 bits per heavy atom. The van der Waals surface area contributed by atoms with Gasteiger partial charge in [0.15, 0.2) is 11.5 Å². The number of carbonyl (C=O) groups is 1. The van der Waals surface area contributed by atoms with E-state index in [2.05, 4.69) is 16.8 Å². The number of amides is 1. The number of benzene rings is 1. The lowest BCUT2D eigenvalue weighted by molar-refractivity contribution is -0.132. The van der Waals surface area contributed by atoms with Crippen molar-refractivity contribution in [3.8, 4) is 11.5 Å². The van der Waals surface area contributed by atoms with Crippen molar-refractivity contribution in [2.45, 2.75) is 50.6 Å². The first-order valence-corrected chi connectivity index (χ1v) is 9.10. The molecule has 0 bridgehead atoms. The molecule has 24 heavy (non-hydrogen) atoms. The van der Waals surface area contributed by atoms with Crippen LogP contribution in [0.4, 0.5) is 0 Å². The minimum absolute atomic E-state index is 0.294. The maximum absolute atomic E-state index is 12.8. The summed E-state index contributed by atoms with van der Waals surface area (Å²) in [5.74, 6) is 1.90. The highest BCUT2D eigenvalue weighted by molar-refractivity contribution is 5.77. The minimum atomic E-state index is 0.294. The molecule has 2 fully saturated rings. The van der Waals surface area contributed by atoms with Gasteiger partial charge in [0.25, 0.3) is 0 Å². The zero-order valence-corrected chi connectivity index (χ0v) is 14.4. The number of nitrogens with zero attached hydrogens (tertiary/aromatic N) is 2. The van der Waals surface area contributed by atoms with Gasteiger partial charge in [0.2, 0.25) is 12.7 Å². The van der Waals surface area contributed by atoms with Crippen molar-refractivity contribution in [3.05, 3.63) is 23.8 Å². The molecule has 0 spiro atoms. The fourth-order valence-electron chi connectivity index (χ4n) is 4.42. The Bertz CT molecular complexity index is 619. The SMILES string of the molecule is CN1CCC[C@@H]1[C@H]1CCCN1C(=O)CCc1ccc2c(c1)OCO2. The second-order valence-electron chi connectivity index (χ2n) is 7.17. The number of ether oxygens (including phenoxy) is 2. The van der Waals surface area contributed by atoms with Gasteiger partial charge >= 0.3 is 0 Å². The molecule has 0 N–H and O–H groups in total. The van der Waals surface area contributed by atoms with E-state index in [0.717, 1.165) is 42.9 Å². The van der Waals surface area contributed by atoms with Crippen LogP contribution in [0, 0.1) is 0 Å². The first-order chi connectivity index (χ1) is 11.7. The Kier molecular flexibility index (Phi) is 4.35. The molecule has 0 aliphatic carbocycles. The van der Waals surface area contributed by atoms with Crippen LogP contribution in [0.5, 0.6) is 11.5 Å². The third-order valence-corrected chi connectivity index (χ3v) is 5.71. The van der Waals surface area contributed by atoms with Gasteiger partial charge in [-0.1, -0.05) is 6.07 Å². The highest BCUT2D eigenvalue weighted by Gasteiger charge is 2.38. The van der Waals surface area contributed by atoms with Gasteiger partial charge in [-0.15, -0.1) is 0 Å². The molecule has 1 aromatic rings. The Morgan fingerprint density at radius 3 is 2.75 bits per heavy atom. The number of aryl methyl sites for hydroxylation is 1. The van der Waals surface area contributed by atoms with Crippen molar-refractivity contribution in [1.82, 2.24) is 9.80 Å². The Morgan fingerprint density at radius 2 is 1.92 bits per heavy atom. The average Bonchev–Trinajstić information content (AvgIpc) is 3.31. The molecule has 2 saturated heterocycles. The van der Waals surface area contributed by atoms with Crippen molar-refractivity contribution in [2.24, 2.45) is 0 Å². The predicted octanol–water partition coefficient (Wildman–Crippen LogP) is 2.43. The second-order valence-corrected chi connectivity index (χ2v) is 7.17. The molecule has 4 rings (SSSR count). The second kappa shape index (κ2) is 6.63. The third-order valence-electron chi connectivity index (χ3n) is 5.71. The van der Waals surface area contributed by atoms with E-state index in [1.54, 1.807) is 0 Å². The lowest BCUT2D eigenvalue weighted by Crippen LogP contribution is -2.47. The summed E-state index contributed by atoms with van der Waals surface area (Å²) in [5, 5.41) is 0. The van der Waals surface area contributed by atoms with Gasteiger partial charge in [0.05, 0.1) is 0 Å². The van der Waals surface area contributed by atoms with E-state index in [0.29, 0.717) is 31.2 Å². The number of rotatable bonds is 4. The van der Waals surface area contributed by atoms with Crippen molar-refractivity contribution >= 4 is 5.91 Å². The summed E-state index contributed by atoms with van der Waals surface area (Å²) in [6, 6.07) is 6.95. The summed E-state index contributed by atoms with van der Waals surface area (Å²) in [4.78, 5) is 17.4. The van der Waals surface area contributed by atoms with E-state index in [1.165, 1.54) is 19.4 Å². The molecule has 3 heterocycles. The van der Waals surface area contributed by atoms with Gasteiger partial charge in [-0.25, -0.2) is 0 Å². The molecule has 0 aromatic heterocycles. The maximum atomic E-state index is 12.8. The highest BCUT2D eigenvalue weighted by Crippen LogP contribution is 2.33. The van der Waals surface area contributed by atoms with Crippen LogP contribution in [0.1, 0.15) is 37.7 Å². The lowest BCUT2D eigenvalue weighted by atomic mass is 10.0. The monoisotopic (exact) mass is 330 g/mol. The molecule has 0 saturated carbocycles. The Balaban J connectivity index is 1.37. The molecule has 3 aliphatic heterocycles. The summed E-state index contributed by atoms with van der Waals surface area (Å²) in [7, 11) is 2.20. The topological polar surface area (TPSA) is 42.0 Å². The van der Waals surface area contributed by atoms with Crippen molar-refractivity contribution in [2.75, 3.05) is 26.9 Å². The van der Waals surface area contributed by atoms with Gasteiger partial charge in [0, 0.05) is 25.0 Å². The van der Waals surface area contributed by atoms with Crippen LogP contribution >= 0.6 is 0 Å². The number of likely N-dealkylation sites (N-methyl/N-ethyl adjacent to an activating group) is 1. The van der Waals surface area contributed by atoms with Crippen molar-refractivity contribution < 1.29 is 14.3 Å². The number of likely N-dealkylation sites (tertiary alicyclic amines) is 2. The quantitative estimate of drug-likeness (QED) is 0.850. The standard InChI is InChI=1S/C19H26N2O3/c1-20-10-2-4-15(20)16-5-3-11-21(16)19(22)9-7-14-6-8-17-18(12-14)24-13-23-17/h6,8,12,15-16H,2-5,7,9-11,13H2,1H3/t15-,16-/m1/s1. The molecule has 0 radical (unpaired) electrons. The largest absolute Gasteiger partial charge is 0.454 e. The molecular weight excluding hydrogens is 304 g/mol. The van der Waals surface area contributed by atoms with Crippen LogP contribution in [-0.2, 0) is 11.2 Å². The zero-order chi connectivity index (χ0) is 16.5. The van der Waals surface area contributed by atoms with Gasteiger partial charge in [-0.05, 0) is 63.4 Å². The average molecular weight is 330 g/mol. The molecule has 0 unspecified atom stereocenters. The van der Waals surface area contributed by atoms with E-state index < -0.39 is 0 Å². The highest BCUT2D eigenvalue weighted by atomic mass is 16.7. The van der Waals surface area contributed by atoms with Crippen LogP contribution in [0.3, 0.4) is 0 Å². The van der Waals surface area contributed by atoms with E-state index in [4.69, 9.17) is 9.47 Å². The van der Waals surface area contributed by atoms with E-state index in [9.17, 15) is 4.79 Å². The number of fused-ring (bicyclic) bond motifs is 1. The molecule has 3 aliphatic rings. The summed E-state index contributed by atoms with van der Waals surface area (Å²) in [6.07, 6.45) is 6.13. The van der Waals surface area contributed by atoms with E-state index in [1.807, 2.05) is 18.2 Å². The fourth-order valence-corrected chi connectivity index (χ4v) is 4.42. The molecule has 130 valence electrons. The van der Waals surface area contributed by atoms with Crippen molar-refractivity contribution in [1.29, 1.82) is 0 Å². The molecule has 1 amide bonds. The normalized spacial score (nSPS) is 26.3. The summed E-state index contributed by atoms with van der Waals surface area (Å²) < 4.78 is 10.8. The molecule has 5 nitrogen and oxygen atoms in total. The molecule has 5 heteroatoms. The van der Waals surface area contributed by atoms with Crippen LogP contribution in [0.2, 0.25) is 0 Å². The summed E-state index contributed by atoms with van der Waals surface area (Å²) in [5.41, 5.74) is 1.14. The van der Waals surface area contributed by atoms with Gasteiger partial charge in [0.1, 0.15) is 0 Å². The Labute approximate surface area is 143 Å². The van der Waals surface area contributed by atoms with Gasteiger partial charge in [-0.3, -0.25) is 4.79 Å². The van der Waals surface area contributed by atoms with Crippen LogP contribution in [0.15, 0.2) is 18.2 Å². The minimum Gasteiger partial charge on any atom is -0.454 e. The van der Waals surface area contributed by atoms with Gasteiger partial charge in [-0.2, -0.15) is 0 Å².